The van der Waals surface area contributed by atoms with Crippen LogP contribution in [-0.2, 0) is 14.3 Å². The molecule has 0 radical (unpaired) electrons. The first-order valence-electron chi connectivity index (χ1n) is 5.06. The van der Waals surface area contributed by atoms with Gasteiger partial charge in [-0.2, -0.15) is 0 Å². The predicted molar refractivity (Wildman–Crippen MR) is 47.3 cm³/mol. The molecule has 0 bridgehead atoms. The standard InChI is InChI=1S/C10H16O3/c1-2-12-9(11)8-3-5-10(6-4-8)7-13-10/h8H,2-7H2,1H3/t8-,10-. The van der Waals surface area contributed by atoms with Crippen LogP contribution in [0.3, 0.4) is 0 Å². The maximum Gasteiger partial charge on any atom is 0.308 e. The summed E-state index contributed by atoms with van der Waals surface area (Å²) in [6.45, 7) is 3.26. The lowest BCUT2D eigenvalue weighted by Gasteiger charge is -2.24. The van der Waals surface area contributed by atoms with Crippen LogP contribution in [0.1, 0.15) is 32.6 Å². The molecule has 0 aromatic heterocycles. The minimum Gasteiger partial charge on any atom is -0.466 e. The van der Waals surface area contributed by atoms with Gasteiger partial charge in [0.25, 0.3) is 0 Å². The Hall–Kier alpha value is -0.570. The predicted octanol–water partition coefficient (Wildman–Crippen LogP) is 1.51. The third-order valence-electron chi connectivity index (χ3n) is 3.07. The molecular weight excluding hydrogens is 168 g/mol. The molecular formula is C10H16O3. The molecule has 74 valence electrons. The maximum atomic E-state index is 11.4. The molecule has 0 unspecified atom stereocenters. The fraction of sp³-hybridized carbons (Fsp3) is 0.900. The van der Waals surface area contributed by atoms with Crippen molar-refractivity contribution >= 4 is 5.97 Å². The zero-order valence-electron chi connectivity index (χ0n) is 8.04. The van der Waals surface area contributed by atoms with Gasteiger partial charge in [0.2, 0.25) is 0 Å². The van der Waals surface area contributed by atoms with Crippen molar-refractivity contribution < 1.29 is 14.3 Å². The fourth-order valence-electron chi connectivity index (χ4n) is 2.03. The Morgan fingerprint density at radius 2 is 2.15 bits per heavy atom. The van der Waals surface area contributed by atoms with Gasteiger partial charge in [-0.3, -0.25) is 4.79 Å². The average molecular weight is 184 g/mol. The van der Waals surface area contributed by atoms with E-state index in [0.29, 0.717) is 6.61 Å². The lowest BCUT2D eigenvalue weighted by molar-refractivity contribution is -0.149. The van der Waals surface area contributed by atoms with Crippen molar-refractivity contribution in [3.8, 4) is 0 Å². The highest BCUT2D eigenvalue weighted by Crippen LogP contribution is 2.43. The number of carbonyl (C=O) groups excluding carboxylic acids is 1. The third-order valence-corrected chi connectivity index (χ3v) is 3.07. The molecule has 1 saturated carbocycles. The van der Waals surface area contributed by atoms with Gasteiger partial charge in [-0.05, 0) is 32.6 Å². The van der Waals surface area contributed by atoms with E-state index in [2.05, 4.69) is 0 Å². The second kappa shape index (κ2) is 3.29. The molecule has 0 aromatic carbocycles. The molecule has 0 aromatic rings. The van der Waals surface area contributed by atoms with E-state index in [-0.39, 0.29) is 17.5 Å². The fourth-order valence-corrected chi connectivity index (χ4v) is 2.03. The van der Waals surface area contributed by atoms with E-state index >= 15 is 0 Å². The molecule has 13 heavy (non-hydrogen) atoms. The van der Waals surface area contributed by atoms with Crippen LogP contribution >= 0.6 is 0 Å². The molecule has 3 nitrogen and oxygen atoms in total. The van der Waals surface area contributed by atoms with E-state index in [4.69, 9.17) is 9.47 Å². The molecule has 1 aliphatic heterocycles. The summed E-state index contributed by atoms with van der Waals surface area (Å²) in [5, 5.41) is 0. The molecule has 0 N–H and O–H groups in total. The number of hydrogen-bond acceptors (Lipinski definition) is 3. The van der Waals surface area contributed by atoms with Gasteiger partial charge < -0.3 is 9.47 Å². The number of carbonyl (C=O) groups is 1. The third kappa shape index (κ3) is 1.85. The van der Waals surface area contributed by atoms with E-state index in [1.165, 1.54) is 0 Å². The molecule has 1 heterocycles. The van der Waals surface area contributed by atoms with E-state index in [0.717, 1.165) is 32.3 Å². The molecule has 3 heteroatoms. The Kier molecular flexibility index (Phi) is 2.28. The van der Waals surface area contributed by atoms with Crippen molar-refractivity contribution in [1.29, 1.82) is 0 Å². The van der Waals surface area contributed by atoms with Crippen LogP contribution in [0.4, 0.5) is 0 Å². The Balaban J connectivity index is 1.80. The average Bonchev–Trinajstić information content (AvgIpc) is 2.87. The van der Waals surface area contributed by atoms with Crippen molar-refractivity contribution in [1.82, 2.24) is 0 Å². The Morgan fingerprint density at radius 3 is 2.62 bits per heavy atom. The van der Waals surface area contributed by atoms with Crippen LogP contribution in [0.2, 0.25) is 0 Å². The summed E-state index contributed by atoms with van der Waals surface area (Å²) in [7, 11) is 0. The number of ether oxygens (including phenoxy) is 2. The number of epoxide rings is 1. The van der Waals surface area contributed by atoms with Crippen LogP contribution in [0.5, 0.6) is 0 Å². The van der Waals surface area contributed by atoms with Crippen LogP contribution in [0, 0.1) is 5.92 Å². The van der Waals surface area contributed by atoms with Crippen molar-refractivity contribution in [2.45, 2.75) is 38.2 Å². The summed E-state index contributed by atoms with van der Waals surface area (Å²) in [4.78, 5) is 11.4. The number of esters is 1. The lowest BCUT2D eigenvalue weighted by atomic mass is 9.82. The first kappa shape index (κ1) is 9.00. The smallest absolute Gasteiger partial charge is 0.308 e. The second-order valence-corrected chi connectivity index (χ2v) is 4.00. The number of rotatable bonds is 2. The van der Waals surface area contributed by atoms with Gasteiger partial charge in [-0.1, -0.05) is 0 Å². The van der Waals surface area contributed by atoms with Gasteiger partial charge in [-0.15, -0.1) is 0 Å². The monoisotopic (exact) mass is 184 g/mol. The van der Waals surface area contributed by atoms with Crippen molar-refractivity contribution in [3.05, 3.63) is 0 Å². The van der Waals surface area contributed by atoms with Gasteiger partial charge in [-0.25, -0.2) is 0 Å². The van der Waals surface area contributed by atoms with Gasteiger partial charge in [0.05, 0.1) is 24.7 Å². The first-order valence-corrected chi connectivity index (χ1v) is 5.06. The zero-order valence-corrected chi connectivity index (χ0v) is 8.04. The molecule has 2 fully saturated rings. The van der Waals surface area contributed by atoms with Crippen LogP contribution < -0.4 is 0 Å². The molecule has 0 amide bonds. The van der Waals surface area contributed by atoms with Crippen molar-refractivity contribution in [2.24, 2.45) is 5.92 Å². The van der Waals surface area contributed by atoms with Crippen molar-refractivity contribution in [3.63, 3.8) is 0 Å². The SMILES string of the molecule is CCOC(=O)[C@H]1CC[C@]2(CC1)CO2. The largest absolute Gasteiger partial charge is 0.466 e. The summed E-state index contributed by atoms with van der Waals surface area (Å²) in [6, 6.07) is 0. The van der Waals surface area contributed by atoms with E-state index in [9.17, 15) is 4.79 Å². The summed E-state index contributed by atoms with van der Waals surface area (Å²) in [5.41, 5.74) is 0.184. The summed E-state index contributed by atoms with van der Waals surface area (Å²) in [6.07, 6.45) is 3.96. The first-order chi connectivity index (χ1) is 6.26. The Bertz CT molecular complexity index is 198. The summed E-state index contributed by atoms with van der Waals surface area (Å²) in [5.74, 6) is 0.118. The molecule has 1 spiro atoms. The quantitative estimate of drug-likeness (QED) is 0.482. The topological polar surface area (TPSA) is 38.8 Å². The Labute approximate surface area is 78.4 Å². The van der Waals surface area contributed by atoms with Crippen LogP contribution in [-0.4, -0.2) is 24.8 Å². The maximum absolute atomic E-state index is 11.4. The van der Waals surface area contributed by atoms with Gasteiger partial charge in [0, 0.05) is 0 Å². The van der Waals surface area contributed by atoms with Gasteiger partial charge in [0.1, 0.15) is 0 Å². The summed E-state index contributed by atoms with van der Waals surface area (Å²) >= 11 is 0. The minimum absolute atomic E-state index is 0.0157. The van der Waals surface area contributed by atoms with E-state index < -0.39 is 0 Å². The van der Waals surface area contributed by atoms with Gasteiger partial charge in [0.15, 0.2) is 0 Å². The highest BCUT2D eigenvalue weighted by atomic mass is 16.6. The summed E-state index contributed by atoms with van der Waals surface area (Å²) < 4.78 is 10.4. The molecule has 2 rings (SSSR count). The highest BCUT2D eigenvalue weighted by molar-refractivity contribution is 5.72. The van der Waals surface area contributed by atoms with Crippen LogP contribution in [0.15, 0.2) is 0 Å². The number of hydrogen-bond donors (Lipinski definition) is 0. The van der Waals surface area contributed by atoms with E-state index in [1.54, 1.807) is 0 Å². The Morgan fingerprint density at radius 1 is 1.54 bits per heavy atom. The van der Waals surface area contributed by atoms with Crippen molar-refractivity contribution in [2.75, 3.05) is 13.2 Å². The second-order valence-electron chi connectivity index (χ2n) is 4.00. The highest BCUT2D eigenvalue weighted by Gasteiger charge is 2.48. The molecule has 1 aliphatic carbocycles. The molecule has 1 saturated heterocycles. The molecule has 2 aliphatic rings. The van der Waals surface area contributed by atoms with Crippen LogP contribution in [0.25, 0.3) is 0 Å². The normalized spacial score (nSPS) is 37.5. The minimum atomic E-state index is -0.0157. The lowest BCUT2D eigenvalue weighted by Crippen LogP contribution is -2.27. The molecule has 0 atom stereocenters. The zero-order chi connectivity index (χ0) is 9.31. The van der Waals surface area contributed by atoms with Gasteiger partial charge >= 0.3 is 5.97 Å². The van der Waals surface area contributed by atoms with E-state index in [1.807, 2.05) is 6.92 Å².